The molecule has 4 heteroatoms. The summed E-state index contributed by atoms with van der Waals surface area (Å²) in [5, 5.41) is 0.643. The number of halogens is 1. The Morgan fingerprint density at radius 1 is 1.40 bits per heavy atom. The Morgan fingerprint density at radius 2 is 2.07 bits per heavy atom. The van der Waals surface area contributed by atoms with Crippen LogP contribution in [0.2, 0.25) is 5.02 Å². The number of esters is 1. The second-order valence-corrected chi connectivity index (χ2v) is 3.58. The Labute approximate surface area is 93.0 Å². The number of benzene rings is 1. The number of ether oxygens (including phenoxy) is 1. The second-order valence-electron chi connectivity index (χ2n) is 3.18. The molecule has 0 bridgehead atoms. The van der Waals surface area contributed by atoms with Crippen LogP contribution in [0, 0.1) is 6.92 Å². The van der Waals surface area contributed by atoms with Gasteiger partial charge < -0.3 is 4.74 Å². The molecule has 0 aromatic heterocycles. The van der Waals surface area contributed by atoms with Gasteiger partial charge in [-0.2, -0.15) is 0 Å². The minimum absolute atomic E-state index is 0.0463. The maximum Gasteiger partial charge on any atom is 0.374 e. The minimum atomic E-state index is -0.817. The molecule has 0 N–H and O–H groups in total. The molecule has 0 atom stereocenters. The molecule has 15 heavy (non-hydrogen) atoms. The molecule has 0 unspecified atom stereocenters. The first-order valence-corrected chi connectivity index (χ1v) is 4.78. The number of hydrogen-bond donors (Lipinski definition) is 0. The van der Waals surface area contributed by atoms with Gasteiger partial charge in [0.15, 0.2) is 0 Å². The topological polar surface area (TPSA) is 43.4 Å². The summed E-state index contributed by atoms with van der Waals surface area (Å²) in [5.41, 5.74) is 1.64. The summed E-state index contributed by atoms with van der Waals surface area (Å²) in [4.78, 5) is 22.1. The largest absolute Gasteiger partial charge is 0.463 e. The normalized spacial score (nSPS) is 9.80. The van der Waals surface area contributed by atoms with Crippen molar-refractivity contribution in [3.05, 3.63) is 34.3 Å². The van der Waals surface area contributed by atoms with Crippen molar-refractivity contribution in [1.29, 1.82) is 0 Å². The molecule has 0 aliphatic rings. The third kappa shape index (κ3) is 3.06. The van der Waals surface area contributed by atoms with Crippen LogP contribution in [0.15, 0.2) is 18.2 Å². The molecule has 0 fully saturated rings. The molecule has 0 aliphatic heterocycles. The van der Waals surface area contributed by atoms with Crippen molar-refractivity contribution in [2.45, 2.75) is 13.3 Å². The average molecular weight is 227 g/mol. The van der Waals surface area contributed by atoms with E-state index in [2.05, 4.69) is 4.74 Å². The van der Waals surface area contributed by atoms with Gasteiger partial charge in [-0.3, -0.25) is 4.79 Å². The van der Waals surface area contributed by atoms with Gasteiger partial charge in [-0.05, 0) is 24.1 Å². The van der Waals surface area contributed by atoms with E-state index in [1.54, 1.807) is 18.2 Å². The lowest BCUT2D eigenvalue weighted by Crippen LogP contribution is -2.17. The van der Waals surface area contributed by atoms with Crippen LogP contribution >= 0.6 is 11.6 Å². The summed E-state index contributed by atoms with van der Waals surface area (Å²) in [6.45, 7) is 1.84. The van der Waals surface area contributed by atoms with E-state index in [1.165, 1.54) is 7.11 Å². The summed E-state index contributed by atoms with van der Waals surface area (Å²) in [7, 11) is 1.19. The Hall–Kier alpha value is -1.35. The Balaban J connectivity index is 2.77. The number of carbonyl (C=O) groups is 2. The Kier molecular flexibility index (Phi) is 3.86. The molecule has 80 valence electrons. The third-order valence-electron chi connectivity index (χ3n) is 2.00. The third-order valence-corrected chi connectivity index (χ3v) is 2.42. The van der Waals surface area contributed by atoms with E-state index in [9.17, 15) is 9.59 Å². The van der Waals surface area contributed by atoms with E-state index < -0.39 is 11.8 Å². The van der Waals surface area contributed by atoms with Gasteiger partial charge in [0.05, 0.1) is 7.11 Å². The van der Waals surface area contributed by atoms with Crippen LogP contribution in [0.4, 0.5) is 0 Å². The lowest BCUT2D eigenvalue weighted by Gasteiger charge is -2.02. The fourth-order valence-corrected chi connectivity index (χ4v) is 1.31. The zero-order valence-electron chi connectivity index (χ0n) is 8.54. The van der Waals surface area contributed by atoms with Crippen molar-refractivity contribution >= 4 is 23.4 Å². The van der Waals surface area contributed by atoms with Crippen LogP contribution in [0.5, 0.6) is 0 Å². The zero-order chi connectivity index (χ0) is 11.4. The van der Waals surface area contributed by atoms with Crippen molar-refractivity contribution in [1.82, 2.24) is 0 Å². The predicted molar refractivity (Wildman–Crippen MR) is 56.9 cm³/mol. The van der Waals surface area contributed by atoms with E-state index in [4.69, 9.17) is 11.6 Å². The molecule has 0 heterocycles. The van der Waals surface area contributed by atoms with Gasteiger partial charge in [0, 0.05) is 11.4 Å². The highest BCUT2D eigenvalue weighted by Crippen LogP contribution is 2.16. The first kappa shape index (κ1) is 11.7. The summed E-state index contributed by atoms with van der Waals surface area (Å²) < 4.78 is 4.32. The first-order chi connectivity index (χ1) is 7.04. The molecular formula is C11H11ClO3. The number of methoxy groups -OCH3 is 1. The molecule has 0 amide bonds. The van der Waals surface area contributed by atoms with Crippen LogP contribution in [-0.4, -0.2) is 18.9 Å². The fraction of sp³-hybridized carbons (Fsp3) is 0.273. The SMILES string of the molecule is COC(=O)C(=O)Cc1ccc(Cl)c(C)c1. The van der Waals surface area contributed by atoms with Gasteiger partial charge >= 0.3 is 5.97 Å². The summed E-state index contributed by atoms with van der Waals surface area (Å²) in [5.74, 6) is -1.37. The van der Waals surface area contributed by atoms with Gasteiger partial charge in [-0.15, -0.1) is 0 Å². The quantitative estimate of drug-likeness (QED) is 0.584. The second kappa shape index (κ2) is 4.94. The van der Waals surface area contributed by atoms with Crippen molar-refractivity contribution in [3.63, 3.8) is 0 Å². The molecule has 0 saturated carbocycles. The van der Waals surface area contributed by atoms with Crippen LogP contribution < -0.4 is 0 Å². The Morgan fingerprint density at radius 3 is 2.60 bits per heavy atom. The highest BCUT2D eigenvalue weighted by atomic mass is 35.5. The lowest BCUT2D eigenvalue weighted by molar-refractivity contribution is -0.151. The van der Waals surface area contributed by atoms with Crippen molar-refractivity contribution in [2.24, 2.45) is 0 Å². The highest BCUT2D eigenvalue weighted by molar-refractivity contribution is 6.34. The van der Waals surface area contributed by atoms with Crippen molar-refractivity contribution in [2.75, 3.05) is 7.11 Å². The smallest absolute Gasteiger partial charge is 0.374 e. The van der Waals surface area contributed by atoms with Crippen LogP contribution in [-0.2, 0) is 20.7 Å². The predicted octanol–water partition coefficient (Wildman–Crippen LogP) is 1.93. The molecule has 3 nitrogen and oxygen atoms in total. The van der Waals surface area contributed by atoms with Crippen molar-refractivity contribution < 1.29 is 14.3 Å². The van der Waals surface area contributed by atoms with Gasteiger partial charge in [0.1, 0.15) is 0 Å². The summed E-state index contributed by atoms with van der Waals surface area (Å²) in [6, 6.07) is 5.20. The zero-order valence-corrected chi connectivity index (χ0v) is 9.30. The lowest BCUT2D eigenvalue weighted by atomic mass is 10.1. The van der Waals surface area contributed by atoms with Crippen LogP contribution in [0.3, 0.4) is 0 Å². The molecule has 1 aromatic rings. The highest BCUT2D eigenvalue weighted by Gasteiger charge is 2.14. The summed E-state index contributed by atoms with van der Waals surface area (Å²) >= 11 is 5.83. The van der Waals surface area contributed by atoms with Gasteiger partial charge in [0.2, 0.25) is 5.78 Å². The molecule has 0 saturated heterocycles. The number of Topliss-reactive ketones (excluding diaryl/α,β-unsaturated/α-hetero) is 1. The maximum absolute atomic E-state index is 11.2. The number of ketones is 1. The minimum Gasteiger partial charge on any atom is -0.463 e. The van der Waals surface area contributed by atoms with Crippen LogP contribution in [0.1, 0.15) is 11.1 Å². The van der Waals surface area contributed by atoms with Crippen LogP contribution in [0.25, 0.3) is 0 Å². The molecule has 0 aliphatic carbocycles. The van der Waals surface area contributed by atoms with Gasteiger partial charge in [-0.25, -0.2) is 4.79 Å². The monoisotopic (exact) mass is 226 g/mol. The molecule has 1 aromatic carbocycles. The summed E-state index contributed by atoms with van der Waals surface area (Å²) in [6.07, 6.45) is 0.0463. The van der Waals surface area contributed by atoms with Crippen molar-refractivity contribution in [3.8, 4) is 0 Å². The molecule has 0 radical (unpaired) electrons. The average Bonchev–Trinajstić information content (AvgIpc) is 2.22. The maximum atomic E-state index is 11.2. The van der Waals surface area contributed by atoms with E-state index in [0.29, 0.717) is 5.02 Å². The number of aryl methyl sites for hydroxylation is 1. The molecular weight excluding hydrogens is 216 g/mol. The van der Waals surface area contributed by atoms with Gasteiger partial charge in [-0.1, -0.05) is 23.7 Å². The standard InChI is InChI=1S/C11H11ClO3/c1-7-5-8(3-4-9(7)12)6-10(13)11(14)15-2/h3-5H,6H2,1-2H3. The number of rotatable bonds is 3. The van der Waals surface area contributed by atoms with E-state index >= 15 is 0 Å². The Bertz CT molecular complexity index is 399. The van der Waals surface area contributed by atoms with E-state index in [-0.39, 0.29) is 6.42 Å². The molecule has 0 spiro atoms. The molecule has 1 rings (SSSR count). The van der Waals surface area contributed by atoms with E-state index in [1.807, 2.05) is 6.92 Å². The first-order valence-electron chi connectivity index (χ1n) is 4.40. The van der Waals surface area contributed by atoms with Gasteiger partial charge in [0.25, 0.3) is 0 Å². The van der Waals surface area contributed by atoms with E-state index in [0.717, 1.165) is 11.1 Å². The number of hydrogen-bond acceptors (Lipinski definition) is 3. The fourth-order valence-electron chi connectivity index (χ4n) is 1.19. The number of carbonyl (C=O) groups excluding carboxylic acids is 2.